The lowest BCUT2D eigenvalue weighted by Crippen LogP contribution is -2.23. The topological polar surface area (TPSA) is 63.6 Å². The van der Waals surface area contributed by atoms with E-state index in [1.807, 2.05) is 0 Å². The van der Waals surface area contributed by atoms with Crippen LogP contribution in [0.3, 0.4) is 0 Å². The summed E-state index contributed by atoms with van der Waals surface area (Å²) in [6, 6.07) is 4.01. The molecule has 4 heteroatoms. The molecule has 0 fully saturated rings. The fourth-order valence-corrected chi connectivity index (χ4v) is 1.11. The Labute approximate surface area is 93.9 Å². The molecule has 0 aliphatic carbocycles. The number of hydrogen-bond donors (Lipinski definition) is 1. The summed E-state index contributed by atoms with van der Waals surface area (Å²) in [4.78, 5) is 22.2. The second-order valence-electron chi connectivity index (χ2n) is 4.39. The fourth-order valence-electron chi connectivity index (χ4n) is 1.11. The van der Waals surface area contributed by atoms with Crippen molar-refractivity contribution in [3.63, 3.8) is 0 Å². The number of aromatic hydroxyl groups is 1. The molecule has 0 heterocycles. The van der Waals surface area contributed by atoms with Gasteiger partial charge in [0.25, 0.3) is 0 Å². The van der Waals surface area contributed by atoms with Crippen LogP contribution >= 0.6 is 0 Å². The molecule has 0 atom stereocenters. The molecule has 0 aliphatic heterocycles. The summed E-state index contributed by atoms with van der Waals surface area (Å²) in [5, 5.41) is 9.27. The van der Waals surface area contributed by atoms with Crippen LogP contribution in [0.25, 0.3) is 0 Å². The van der Waals surface area contributed by atoms with Gasteiger partial charge in [0.2, 0.25) is 0 Å². The predicted octanol–water partition coefficient (Wildman–Crippen LogP) is 2.16. The van der Waals surface area contributed by atoms with E-state index in [0.29, 0.717) is 6.29 Å². The highest BCUT2D eigenvalue weighted by Crippen LogP contribution is 2.18. The Morgan fingerprint density at radius 2 is 2.00 bits per heavy atom. The first-order chi connectivity index (χ1) is 7.33. The molecular formula is C12H14O4. The van der Waals surface area contributed by atoms with Gasteiger partial charge in [-0.15, -0.1) is 0 Å². The highest BCUT2D eigenvalue weighted by atomic mass is 16.6. The van der Waals surface area contributed by atoms with Crippen LogP contribution < -0.4 is 0 Å². The summed E-state index contributed by atoms with van der Waals surface area (Å²) in [6.45, 7) is 5.27. The Morgan fingerprint density at radius 1 is 1.38 bits per heavy atom. The molecule has 0 amide bonds. The number of hydrogen-bond acceptors (Lipinski definition) is 4. The first-order valence-electron chi connectivity index (χ1n) is 4.85. The van der Waals surface area contributed by atoms with E-state index in [0.717, 1.165) is 0 Å². The summed E-state index contributed by atoms with van der Waals surface area (Å²) in [5.41, 5.74) is -0.269. The lowest BCUT2D eigenvalue weighted by molar-refractivity contribution is 0.00695. The molecule has 4 nitrogen and oxygen atoms in total. The lowest BCUT2D eigenvalue weighted by Gasteiger charge is -2.19. The third kappa shape index (κ3) is 3.08. The second kappa shape index (κ2) is 4.35. The molecule has 0 bridgehead atoms. The van der Waals surface area contributed by atoms with Crippen molar-refractivity contribution in [2.75, 3.05) is 0 Å². The molecule has 1 N–H and O–H groups in total. The second-order valence-corrected chi connectivity index (χ2v) is 4.39. The smallest absolute Gasteiger partial charge is 0.338 e. The van der Waals surface area contributed by atoms with E-state index in [1.165, 1.54) is 18.2 Å². The highest BCUT2D eigenvalue weighted by Gasteiger charge is 2.18. The molecule has 0 saturated heterocycles. The highest BCUT2D eigenvalue weighted by molar-refractivity contribution is 5.92. The quantitative estimate of drug-likeness (QED) is 0.615. The van der Waals surface area contributed by atoms with Crippen LogP contribution in [0.15, 0.2) is 18.2 Å². The van der Waals surface area contributed by atoms with Gasteiger partial charge in [0.1, 0.15) is 11.4 Å². The summed E-state index contributed by atoms with van der Waals surface area (Å²) < 4.78 is 5.13. The number of aldehydes is 1. The third-order valence-electron chi connectivity index (χ3n) is 1.79. The molecule has 86 valence electrons. The zero-order chi connectivity index (χ0) is 12.3. The molecule has 0 aromatic heterocycles. The molecule has 1 aromatic carbocycles. The van der Waals surface area contributed by atoms with Crippen molar-refractivity contribution < 1.29 is 19.4 Å². The first kappa shape index (κ1) is 12.2. The van der Waals surface area contributed by atoms with Gasteiger partial charge in [0.05, 0.1) is 11.1 Å². The van der Waals surface area contributed by atoms with Crippen LogP contribution in [0.2, 0.25) is 0 Å². The molecular weight excluding hydrogens is 208 g/mol. The van der Waals surface area contributed by atoms with Gasteiger partial charge < -0.3 is 9.84 Å². The van der Waals surface area contributed by atoms with Crippen molar-refractivity contribution in [2.24, 2.45) is 0 Å². The maximum atomic E-state index is 11.6. The Bertz CT molecular complexity index is 416. The average molecular weight is 222 g/mol. The number of rotatable bonds is 2. The van der Waals surface area contributed by atoms with Crippen LogP contribution in [0.5, 0.6) is 5.75 Å². The van der Waals surface area contributed by atoms with E-state index < -0.39 is 11.6 Å². The van der Waals surface area contributed by atoms with Crippen LogP contribution in [0.4, 0.5) is 0 Å². The number of benzene rings is 1. The Balaban J connectivity index is 2.97. The Kier molecular flexibility index (Phi) is 3.32. The first-order valence-corrected chi connectivity index (χ1v) is 4.85. The van der Waals surface area contributed by atoms with Gasteiger partial charge >= 0.3 is 5.97 Å². The van der Waals surface area contributed by atoms with Gasteiger partial charge in [-0.2, -0.15) is 0 Å². The molecule has 0 unspecified atom stereocenters. The zero-order valence-electron chi connectivity index (χ0n) is 9.48. The summed E-state index contributed by atoms with van der Waals surface area (Å²) in [6.07, 6.45) is 0.489. The SMILES string of the molecule is CC(C)(C)OC(=O)c1ccc(O)c(C=O)c1. The Hall–Kier alpha value is -1.84. The van der Waals surface area contributed by atoms with Gasteiger partial charge in [-0.3, -0.25) is 4.79 Å². The van der Waals surface area contributed by atoms with E-state index in [-0.39, 0.29) is 16.9 Å². The van der Waals surface area contributed by atoms with E-state index in [2.05, 4.69) is 0 Å². The van der Waals surface area contributed by atoms with Crippen molar-refractivity contribution in [1.29, 1.82) is 0 Å². The maximum Gasteiger partial charge on any atom is 0.338 e. The van der Waals surface area contributed by atoms with Crippen LogP contribution in [-0.4, -0.2) is 23.0 Å². The molecule has 0 aliphatic rings. The van der Waals surface area contributed by atoms with E-state index >= 15 is 0 Å². The van der Waals surface area contributed by atoms with Gasteiger partial charge in [0, 0.05) is 0 Å². The molecule has 1 rings (SSSR count). The number of carbonyl (C=O) groups excluding carboxylic acids is 2. The average Bonchev–Trinajstić information content (AvgIpc) is 2.15. The summed E-state index contributed by atoms with van der Waals surface area (Å²) >= 11 is 0. The van der Waals surface area contributed by atoms with Gasteiger partial charge in [-0.25, -0.2) is 4.79 Å². The van der Waals surface area contributed by atoms with Crippen molar-refractivity contribution in [1.82, 2.24) is 0 Å². The molecule has 1 aromatic rings. The van der Waals surface area contributed by atoms with E-state index in [9.17, 15) is 14.7 Å². The number of carbonyl (C=O) groups is 2. The standard InChI is InChI=1S/C12H14O4/c1-12(2,3)16-11(15)8-4-5-10(14)9(6-8)7-13/h4-7,14H,1-3H3. The number of ether oxygens (including phenoxy) is 1. The van der Waals surface area contributed by atoms with Crippen molar-refractivity contribution >= 4 is 12.3 Å². The third-order valence-corrected chi connectivity index (χ3v) is 1.79. The van der Waals surface area contributed by atoms with Crippen molar-refractivity contribution in [2.45, 2.75) is 26.4 Å². The monoisotopic (exact) mass is 222 g/mol. The molecule has 0 spiro atoms. The zero-order valence-corrected chi connectivity index (χ0v) is 9.48. The molecule has 0 saturated carbocycles. The molecule has 16 heavy (non-hydrogen) atoms. The minimum absolute atomic E-state index is 0.0726. The number of esters is 1. The van der Waals surface area contributed by atoms with Crippen LogP contribution in [0, 0.1) is 0 Å². The Morgan fingerprint density at radius 3 is 2.50 bits per heavy atom. The van der Waals surface area contributed by atoms with E-state index in [1.54, 1.807) is 20.8 Å². The minimum atomic E-state index is -0.587. The largest absolute Gasteiger partial charge is 0.507 e. The lowest BCUT2D eigenvalue weighted by atomic mass is 10.1. The van der Waals surface area contributed by atoms with Crippen molar-refractivity contribution in [3.05, 3.63) is 29.3 Å². The molecule has 0 radical (unpaired) electrons. The number of phenols is 1. The van der Waals surface area contributed by atoms with Gasteiger partial charge in [-0.05, 0) is 39.0 Å². The summed E-state index contributed by atoms with van der Waals surface area (Å²) in [7, 11) is 0. The van der Waals surface area contributed by atoms with Crippen molar-refractivity contribution in [3.8, 4) is 5.75 Å². The van der Waals surface area contributed by atoms with Gasteiger partial charge in [0.15, 0.2) is 6.29 Å². The summed E-state index contributed by atoms with van der Waals surface area (Å²) in [5.74, 6) is -0.669. The van der Waals surface area contributed by atoms with Crippen LogP contribution in [0.1, 0.15) is 41.5 Å². The normalized spacial score (nSPS) is 10.9. The van der Waals surface area contributed by atoms with E-state index in [4.69, 9.17) is 4.74 Å². The van der Waals surface area contributed by atoms with Crippen LogP contribution in [-0.2, 0) is 4.74 Å². The predicted molar refractivity (Wildman–Crippen MR) is 58.7 cm³/mol. The minimum Gasteiger partial charge on any atom is -0.507 e. The van der Waals surface area contributed by atoms with Gasteiger partial charge in [-0.1, -0.05) is 0 Å². The maximum absolute atomic E-state index is 11.6. The fraction of sp³-hybridized carbons (Fsp3) is 0.333. The number of phenolic OH excluding ortho intramolecular Hbond substituents is 1.